The van der Waals surface area contributed by atoms with E-state index in [2.05, 4.69) is 15.5 Å². The smallest absolute Gasteiger partial charge is 0.326 e. The van der Waals surface area contributed by atoms with Gasteiger partial charge in [-0.1, -0.05) is 53.2 Å². The summed E-state index contributed by atoms with van der Waals surface area (Å²) >= 11 is 6.21. The highest BCUT2D eigenvalue weighted by molar-refractivity contribution is 6.31. The minimum atomic E-state index is -0.465. The highest BCUT2D eigenvalue weighted by Gasteiger charge is 2.36. The van der Waals surface area contributed by atoms with Crippen LogP contribution in [-0.2, 0) is 0 Å². The molecule has 0 radical (unpaired) electrons. The first-order valence-corrected chi connectivity index (χ1v) is 11.0. The molecule has 1 aromatic heterocycles. The van der Waals surface area contributed by atoms with Crippen LogP contribution < -0.4 is 15.0 Å². The van der Waals surface area contributed by atoms with Crippen molar-refractivity contribution in [1.29, 1.82) is 0 Å². The summed E-state index contributed by atoms with van der Waals surface area (Å²) in [5, 5.41) is 7.81. The van der Waals surface area contributed by atoms with E-state index >= 15 is 0 Å². The second kappa shape index (κ2) is 9.03. The Morgan fingerprint density at radius 2 is 1.79 bits per heavy atom. The Morgan fingerprint density at radius 1 is 1.03 bits per heavy atom. The number of amides is 2. The summed E-state index contributed by atoms with van der Waals surface area (Å²) in [4.78, 5) is 19.5. The minimum absolute atomic E-state index is 0.271. The van der Waals surface area contributed by atoms with Crippen molar-refractivity contribution >= 4 is 28.9 Å². The minimum Gasteiger partial charge on any atom is -0.497 e. The molecular weight excluding hydrogens is 452 g/mol. The van der Waals surface area contributed by atoms with Gasteiger partial charge in [-0.25, -0.2) is 4.79 Å². The van der Waals surface area contributed by atoms with Gasteiger partial charge < -0.3 is 14.6 Å². The van der Waals surface area contributed by atoms with E-state index in [0.717, 1.165) is 16.9 Å². The Balaban J connectivity index is 1.63. The Labute approximate surface area is 201 Å². The number of rotatable bonds is 5. The maximum atomic E-state index is 13.2. The summed E-state index contributed by atoms with van der Waals surface area (Å²) in [5.74, 6) is 1.50. The van der Waals surface area contributed by atoms with Crippen LogP contribution in [-0.4, -0.2) is 23.3 Å². The third kappa shape index (κ3) is 4.02. The number of urea groups is 1. The maximum absolute atomic E-state index is 13.2. The molecule has 0 spiro atoms. The molecule has 1 aliphatic rings. The van der Waals surface area contributed by atoms with Crippen molar-refractivity contribution in [2.24, 2.45) is 0 Å². The fraction of sp³-hybridized carbons (Fsp3) is 0.115. The van der Waals surface area contributed by atoms with Crippen LogP contribution in [0.2, 0.25) is 5.02 Å². The Morgan fingerprint density at radius 3 is 2.50 bits per heavy atom. The fourth-order valence-corrected chi connectivity index (χ4v) is 4.22. The lowest BCUT2D eigenvalue weighted by Crippen LogP contribution is -2.46. The first-order valence-electron chi connectivity index (χ1n) is 10.7. The number of hydrogen-bond donors (Lipinski definition) is 1. The third-order valence-electron chi connectivity index (χ3n) is 5.69. The van der Waals surface area contributed by atoms with E-state index in [-0.39, 0.29) is 6.03 Å². The average Bonchev–Trinajstić information content (AvgIpc) is 3.34. The number of methoxy groups -OCH3 is 1. The van der Waals surface area contributed by atoms with Gasteiger partial charge in [-0.05, 0) is 55.0 Å². The number of benzene rings is 3. The van der Waals surface area contributed by atoms with Crippen LogP contribution >= 0.6 is 11.6 Å². The molecule has 0 saturated carbocycles. The van der Waals surface area contributed by atoms with Gasteiger partial charge in [0.1, 0.15) is 5.75 Å². The number of carbonyl (C=O) groups is 1. The van der Waals surface area contributed by atoms with Crippen molar-refractivity contribution in [2.45, 2.75) is 13.0 Å². The summed E-state index contributed by atoms with van der Waals surface area (Å²) in [5.41, 5.74) is 3.71. The van der Waals surface area contributed by atoms with Crippen molar-refractivity contribution in [3.8, 4) is 17.1 Å². The fourth-order valence-electron chi connectivity index (χ4n) is 4.03. The molecule has 1 N–H and O–H groups in total. The SMILES string of the molecule is COc1ccc(-c2noc(C3=C(C)N(c4cccc(Cl)c4)C(=O)NC3c3ccccc3)n2)cc1. The Hall–Kier alpha value is -4.10. The molecule has 1 atom stereocenters. The molecule has 5 rings (SSSR count). The van der Waals surface area contributed by atoms with E-state index in [0.29, 0.717) is 33.7 Å². The lowest BCUT2D eigenvalue weighted by molar-refractivity contribution is 0.244. The molecular formula is C26H21ClN4O3. The lowest BCUT2D eigenvalue weighted by Gasteiger charge is -2.35. The van der Waals surface area contributed by atoms with Gasteiger partial charge in [0.25, 0.3) is 5.89 Å². The van der Waals surface area contributed by atoms with Gasteiger partial charge in [0.15, 0.2) is 0 Å². The van der Waals surface area contributed by atoms with Crippen LogP contribution in [0.25, 0.3) is 17.0 Å². The summed E-state index contributed by atoms with van der Waals surface area (Å²) in [6.07, 6.45) is 0. The van der Waals surface area contributed by atoms with E-state index in [9.17, 15) is 4.79 Å². The van der Waals surface area contributed by atoms with Crippen molar-refractivity contribution in [3.63, 3.8) is 0 Å². The van der Waals surface area contributed by atoms with Crippen LogP contribution in [0.3, 0.4) is 0 Å². The topological polar surface area (TPSA) is 80.5 Å². The second-order valence-electron chi connectivity index (χ2n) is 7.76. The molecule has 0 saturated heterocycles. The molecule has 8 heteroatoms. The summed E-state index contributed by atoms with van der Waals surface area (Å²) in [6, 6.07) is 23.5. The molecule has 2 heterocycles. The molecule has 170 valence electrons. The predicted octanol–water partition coefficient (Wildman–Crippen LogP) is 6.10. The molecule has 1 unspecified atom stereocenters. The van der Waals surface area contributed by atoms with Crippen molar-refractivity contribution in [2.75, 3.05) is 12.0 Å². The second-order valence-corrected chi connectivity index (χ2v) is 8.20. The van der Waals surface area contributed by atoms with Gasteiger partial charge in [-0.15, -0.1) is 0 Å². The molecule has 34 heavy (non-hydrogen) atoms. The van der Waals surface area contributed by atoms with Gasteiger partial charge in [0.2, 0.25) is 5.82 Å². The maximum Gasteiger partial charge on any atom is 0.326 e. The van der Waals surface area contributed by atoms with Crippen LogP contribution in [0.4, 0.5) is 10.5 Å². The van der Waals surface area contributed by atoms with E-state index in [1.165, 1.54) is 0 Å². The summed E-state index contributed by atoms with van der Waals surface area (Å²) in [6.45, 7) is 1.86. The monoisotopic (exact) mass is 472 g/mol. The van der Waals surface area contributed by atoms with E-state index < -0.39 is 6.04 Å². The van der Waals surface area contributed by atoms with Gasteiger partial charge in [0.05, 0.1) is 24.4 Å². The summed E-state index contributed by atoms with van der Waals surface area (Å²) in [7, 11) is 1.61. The number of hydrogen-bond acceptors (Lipinski definition) is 5. The molecule has 1 aliphatic heterocycles. The normalized spacial score (nSPS) is 15.9. The van der Waals surface area contributed by atoms with Gasteiger partial charge >= 0.3 is 6.03 Å². The van der Waals surface area contributed by atoms with Crippen molar-refractivity contribution < 1.29 is 14.1 Å². The Bertz CT molecular complexity index is 1370. The first kappa shape index (κ1) is 21.7. The zero-order chi connectivity index (χ0) is 23.7. The van der Waals surface area contributed by atoms with Crippen LogP contribution in [0.15, 0.2) is 89.1 Å². The molecule has 7 nitrogen and oxygen atoms in total. The van der Waals surface area contributed by atoms with Gasteiger partial charge in [0, 0.05) is 16.3 Å². The highest BCUT2D eigenvalue weighted by Crippen LogP contribution is 2.39. The molecule has 3 aromatic carbocycles. The van der Waals surface area contributed by atoms with E-state index in [4.69, 9.17) is 20.9 Å². The highest BCUT2D eigenvalue weighted by atomic mass is 35.5. The molecule has 0 bridgehead atoms. The zero-order valence-electron chi connectivity index (χ0n) is 18.5. The number of halogens is 1. The first-order chi connectivity index (χ1) is 16.5. The third-order valence-corrected chi connectivity index (χ3v) is 5.92. The number of allylic oxidation sites excluding steroid dienone is 1. The van der Waals surface area contributed by atoms with Crippen LogP contribution in [0.5, 0.6) is 5.75 Å². The molecule has 0 aliphatic carbocycles. The predicted molar refractivity (Wildman–Crippen MR) is 131 cm³/mol. The van der Waals surface area contributed by atoms with Gasteiger partial charge in [-0.3, -0.25) is 4.90 Å². The van der Waals surface area contributed by atoms with Crippen molar-refractivity contribution in [3.05, 3.63) is 101 Å². The molecule has 2 amide bonds. The standard InChI is InChI=1S/C26H21ClN4O3/c1-16-22(25-29-24(30-34-25)18-11-13-21(33-2)14-12-18)23(17-7-4-3-5-8-17)28-26(32)31(16)20-10-6-9-19(27)15-20/h3-15,23H,1-2H3,(H,28,32). The van der Waals surface area contributed by atoms with E-state index in [1.807, 2.05) is 67.6 Å². The van der Waals surface area contributed by atoms with E-state index in [1.54, 1.807) is 30.2 Å². The molecule has 4 aromatic rings. The van der Waals surface area contributed by atoms with Crippen LogP contribution in [0, 0.1) is 0 Å². The number of ether oxygens (including phenoxy) is 1. The van der Waals surface area contributed by atoms with Crippen molar-refractivity contribution in [1.82, 2.24) is 15.5 Å². The Kier molecular flexibility index (Phi) is 5.77. The number of nitrogens with one attached hydrogen (secondary N) is 1. The molecule has 0 fully saturated rings. The van der Waals surface area contributed by atoms with Gasteiger partial charge in [-0.2, -0.15) is 4.98 Å². The lowest BCUT2D eigenvalue weighted by atomic mass is 9.94. The number of aromatic nitrogens is 2. The number of anilines is 1. The average molecular weight is 473 g/mol. The number of carbonyl (C=O) groups excluding carboxylic acids is 1. The van der Waals surface area contributed by atoms with Crippen LogP contribution in [0.1, 0.15) is 24.4 Å². The zero-order valence-corrected chi connectivity index (χ0v) is 19.3. The quantitative estimate of drug-likeness (QED) is 0.379. The largest absolute Gasteiger partial charge is 0.497 e. The summed E-state index contributed by atoms with van der Waals surface area (Å²) < 4.78 is 11.0. The number of nitrogens with zero attached hydrogens (tertiary/aromatic N) is 3.